The van der Waals surface area contributed by atoms with E-state index in [9.17, 15) is 0 Å². The Hall–Kier alpha value is -2.65. The molecule has 1 N–H and O–H groups in total. The summed E-state index contributed by atoms with van der Waals surface area (Å²) >= 11 is 0. The molecule has 0 radical (unpaired) electrons. The highest BCUT2D eigenvalue weighted by Crippen LogP contribution is 2.23. The molecule has 0 amide bonds. The van der Waals surface area contributed by atoms with E-state index in [2.05, 4.69) is 45.2 Å². The lowest BCUT2D eigenvalue weighted by atomic mass is 10.1. The molecule has 2 fully saturated rings. The minimum Gasteiger partial charge on any atom is -0.370 e. The van der Waals surface area contributed by atoms with Crippen LogP contribution >= 0.6 is 0 Å². The van der Waals surface area contributed by atoms with Crippen LogP contribution in [0.25, 0.3) is 0 Å². The van der Waals surface area contributed by atoms with E-state index in [0.717, 1.165) is 63.2 Å². The van der Waals surface area contributed by atoms with Crippen LogP contribution in [-0.2, 0) is 18.3 Å². The molecule has 9 nitrogen and oxygen atoms in total. The summed E-state index contributed by atoms with van der Waals surface area (Å²) in [6.45, 7) is 9.91. The molecule has 2 aromatic heterocycles. The van der Waals surface area contributed by atoms with Gasteiger partial charge in [-0.2, -0.15) is 5.10 Å². The van der Waals surface area contributed by atoms with Gasteiger partial charge in [0.1, 0.15) is 11.9 Å². The third-order valence-electron chi connectivity index (χ3n) is 5.87. The van der Waals surface area contributed by atoms with Crippen molar-refractivity contribution in [2.45, 2.75) is 19.6 Å². The van der Waals surface area contributed by atoms with E-state index in [1.165, 1.54) is 5.56 Å². The molecule has 0 saturated carbocycles. The van der Waals surface area contributed by atoms with Gasteiger partial charge in [-0.25, -0.2) is 9.98 Å². The van der Waals surface area contributed by atoms with Crippen LogP contribution in [0.2, 0.25) is 0 Å². The Bertz CT molecular complexity index is 874. The van der Waals surface area contributed by atoms with Gasteiger partial charge in [0.25, 0.3) is 0 Å². The fraction of sp³-hybridized carbons (Fsp3) is 0.591. The molecule has 9 heteroatoms. The number of nitrogens with zero attached hydrogens (tertiary/aromatic N) is 7. The summed E-state index contributed by atoms with van der Waals surface area (Å²) in [4.78, 5) is 16.7. The van der Waals surface area contributed by atoms with Crippen molar-refractivity contribution in [3.63, 3.8) is 0 Å². The topological polar surface area (TPSA) is 74.1 Å². The van der Waals surface area contributed by atoms with Gasteiger partial charge in [-0.3, -0.25) is 4.68 Å². The lowest BCUT2D eigenvalue weighted by Crippen LogP contribution is -2.48. The Kier molecular flexibility index (Phi) is 7.03. The second kappa shape index (κ2) is 10.1. The Balaban J connectivity index is 1.48. The third kappa shape index (κ3) is 5.34. The molecule has 2 saturated heterocycles. The molecule has 0 aromatic carbocycles. The summed E-state index contributed by atoms with van der Waals surface area (Å²) in [7, 11) is 4.10. The molecule has 2 aliphatic rings. The average molecular weight is 427 g/mol. The fourth-order valence-corrected chi connectivity index (χ4v) is 4.09. The first-order chi connectivity index (χ1) is 15.1. The summed E-state index contributed by atoms with van der Waals surface area (Å²) in [6.07, 6.45) is 5.80. The molecular formula is C22H34N8O. The Morgan fingerprint density at radius 1 is 1.23 bits per heavy atom. The number of likely N-dealkylation sites (N-methyl/N-ethyl adjacent to an activating group) is 1. The van der Waals surface area contributed by atoms with Crippen LogP contribution in [-0.4, -0.2) is 90.0 Å². The number of piperazine rings is 1. The Morgan fingerprint density at radius 2 is 2.06 bits per heavy atom. The van der Waals surface area contributed by atoms with Gasteiger partial charge >= 0.3 is 0 Å². The maximum atomic E-state index is 6.01. The number of nitrogens with one attached hydrogen (secondary N) is 1. The van der Waals surface area contributed by atoms with Crippen molar-refractivity contribution in [3.8, 4) is 0 Å². The SMILES string of the molecule is CCNC(=NCc1cccnc1N1CCN(C)CC1)N1CCOC(c2cnn(C)c2)C1. The van der Waals surface area contributed by atoms with Crippen molar-refractivity contribution in [2.75, 3.05) is 64.4 Å². The van der Waals surface area contributed by atoms with E-state index >= 15 is 0 Å². The van der Waals surface area contributed by atoms with Crippen molar-refractivity contribution >= 4 is 11.8 Å². The molecule has 1 unspecified atom stereocenters. The van der Waals surface area contributed by atoms with Gasteiger partial charge < -0.3 is 24.8 Å². The number of hydrogen-bond donors (Lipinski definition) is 1. The summed E-state index contributed by atoms with van der Waals surface area (Å²) in [5, 5.41) is 7.75. The van der Waals surface area contributed by atoms with Crippen LogP contribution in [0.4, 0.5) is 5.82 Å². The first kappa shape index (κ1) is 21.6. The molecule has 0 spiro atoms. The van der Waals surface area contributed by atoms with Crippen molar-refractivity contribution in [3.05, 3.63) is 41.9 Å². The largest absolute Gasteiger partial charge is 0.370 e. The maximum Gasteiger partial charge on any atom is 0.194 e. The predicted octanol–water partition coefficient (Wildman–Crippen LogP) is 1.11. The minimum absolute atomic E-state index is 0.00518. The second-order valence-electron chi connectivity index (χ2n) is 8.20. The highest BCUT2D eigenvalue weighted by atomic mass is 16.5. The minimum atomic E-state index is 0.00518. The quantitative estimate of drug-likeness (QED) is 0.567. The summed E-state index contributed by atoms with van der Waals surface area (Å²) in [6, 6.07) is 4.15. The number of anilines is 1. The van der Waals surface area contributed by atoms with Gasteiger partial charge in [0, 0.05) is 69.8 Å². The van der Waals surface area contributed by atoms with Crippen molar-refractivity contribution < 1.29 is 4.74 Å². The van der Waals surface area contributed by atoms with E-state index in [4.69, 9.17) is 14.7 Å². The number of aromatic nitrogens is 3. The summed E-state index contributed by atoms with van der Waals surface area (Å²) < 4.78 is 7.83. The van der Waals surface area contributed by atoms with Gasteiger partial charge in [-0.1, -0.05) is 6.07 Å². The number of pyridine rings is 1. The first-order valence-electron chi connectivity index (χ1n) is 11.1. The summed E-state index contributed by atoms with van der Waals surface area (Å²) in [5.74, 6) is 1.98. The predicted molar refractivity (Wildman–Crippen MR) is 122 cm³/mol. The lowest BCUT2D eigenvalue weighted by Gasteiger charge is -2.35. The molecule has 0 aliphatic carbocycles. The first-order valence-corrected chi connectivity index (χ1v) is 11.1. The summed E-state index contributed by atoms with van der Waals surface area (Å²) in [5.41, 5.74) is 2.27. The lowest BCUT2D eigenvalue weighted by molar-refractivity contribution is -0.00805. The highest BCUT2D eigenvalue weighted by Gasteiger charge is 2.25. The number of aliphatic imine (C=N–C) groups is 1. The van der Waals surface area contributed by atoms with Crippen LogP contribution < -0.4 is 10.2 Å². The Morgan fingerprint density at radius 3 is 2.81 bits per heavy atom. The second-order valence-corrected chi connectivity index (χ2v) is 8.20. The molecule has 2 aromatic rings. The van der Waals surface area contributed by atoms with Gasteiger partial charge in [-0.05, 0) is 20.0 Å². The van der Waals surface area contributed by atoms with E-state index in [-0.39, 0.29) is 6.10 Å². The third-order valence-corrected chi connectivity index (χ3v) is 5.87. The number of rotatable bonds is 5. The number of aryl methyl sites for hydroxylation is 1. The van der Waals surface area contributed by atoms with Crippen LogP contribution in [0.1, 0.15) is 24.2 Å². The Labute approximate surface area is 184 Å². The molecule has 0 bridgehead atoms. The van der Waals surface area contributed by atoms with Crippen molar-refractivity contribution in [1.82, 2.24) is 29.9 Å². The number of ether oxygens (including phenoxy) is 1. The van der Waals surface area contributed by atoms with Crippen LogP contribution in [0, 0.1) is 0 Å². The van der Waals surface area contributed by atoms with E-state index in [0.29, 0.717) is 13.2 Å². The van der Waals surface area contributed by atoms with Crippen LogP contribution in [0.5, 0.6) is 0 Å². The van der Waals surface area contributed by atoms with Crippen LogP contribution in [0.15, 0.2) is 35.7 Å². The highest BCUT2D eigenvalue weighted by molar-refractivity contribution is 5.80. The van der Waals surface area contributed by atoms with Gasteiger partial charge in [0.15, 0.2) is 5.96 Å². The number of guanidine groups is 1. The number of hydrogen-bond acceptors (Lipinski definition) is 6. The molecule has 4 rings (SSSR count). The molecule has 2 aliphatic heterocycles. The van der Waals surface area contributed by atoms with E-state index < -0.39 is 0 Å². The normalized spacial score (nSPS) is 20.9. The average Bonchev–Trinajstić information content (AvgIpc) is 3.24. The van der Waals surface area contributed by atoms with Gasteiger partial charge in [0.05, 0.1) is 25.9 Å². The monoisotopic (exact) mass is 426 g/mol. The van der Waals surface area contributed by atoms with Crippen LogP contribution in [0.3, 0.4) is 0 Å². The zero-order valence-corrected chi connectivity index (χ0v) is 18.9. The molecular weight excluding hydrogens is 392 g/mol. The van der Waals surface area contributed by atoms with Crippen molar-refractivity contribution in [2.24, 2.45) is 12.0 Å². The van der Waals surface area contributed by atoms with E-state index in [1.54, 1.807) is 0 Å². The van der Waals surface area contributed by atoms with E-state index in [1.807, 2.05) is 36.4 Å². The standard InChI is InChI=1S/C22H34N8O/c1-4-23-22(30-12-13-31-20(17-30)19-15-26-28(3)16-19)25-14-18-6-5-7-24-21(18)29-10-8-27(2)9-11-29/h5-7,15-16,20H,4,8-14,17H2,1-3H3,(H,23,25). The zero-order valence-electron chi connectivity index (χ0n) is 18.9. The zero-order chi connectivity index (χ0) is 21.6. The smallest absolute Gasteiger partial charge is 0.194 e. The van der Waals surface area contributed by atoms with Crippen molar-refractivity contribution in [1.29, 1.82) is 0 Å². The molecule has 1 atom stereocenters. The van der Waals surface area contributed by atoms with Gasteiger partial charge in [-0.15, -0.1) is 0 Å². The maximum absolute atomic E-state index is 6.01. The molecule has 168 valence electrons. The molecule has 4 heterocycles. The van der Waals surface area contributed by atoms with Gasteiger partial charge in [0.2, 0.25) is 0 Å². The molecule has 31 heavy (non-hydrogen) atoms. The number of morpholine rings is 1. The fourth-order valence-electron chi connectivity index (χ4n) is 4.09.